The Morgan fingerprint density at radius 2 is 2.31 bits per heavy atom. The van der Waals surface area contributed by atoms with Crippen LogP contribution in [0, 0.1) is 11.8 Å². The molecule has 1 heterocycles. The minimum absolute atomic E-state index is 0.421. The van der Waals surface area contributed by atoms with Gasteiger partial charge in [-0.2, -0.15) is 0 Å². The third kappa shape index (κ3) is 4.44. The molecule has 0 saturated heterocycles. The van der Waals surface area contributed by atoms with Gasteiger partial charge in [0.1, 0.15) is 0 Å². The molecular weight excluding hydrogens is 206 g/mol. The number of carboxylic acid groups (broad SMARTS) is 1. The van der Waals surface area contributed by atoms with Crippen molar-refractivity contribution in [2.45, 2.75) is 0 Å². The maximum absolute atomic E-state index is 10.4. The van der Waals surface area contributed by atoms with Crippen LogP contribution in [-0.2, 0) is 0 Å². The smallest absolute Gasteiger partial charge is 0.409 e. The van der Waals surface area contributed by atoms with Gasteiger partial charge in [-0.25, -0.2) is 4.79 Å². The predicted octanol–water partition coefficient (Wildman–Crippen LogP) is 1.08. The number of aromatic nitrogens is 1. The van der Waals surface area contributed by atoms with Crippen LogP contribution in [0.4, 0.5) is 10.5 Å². The van der Waals surface area contributed by atoms with E-state index in [1.54, 1.807) is 12.3 Å². The lowest BCUT2D eigenvalue weighted by molar-refractivity contribution is 0.209. The summed E-state index contributed by atoms with van der Waals surface area (Å²) in [5.41, 5.74) is 1.11. The first-order valence-electron chi connectivity index (χ1n) is 4.66. The third-order valence-electron chi connectivity index (χ3n) is 1.62. The first-order chi connectivity index (χ1) is 7.58. The van der Waals surface area contributed by atoms with Gasteiger partial charge in [0.05, 0.1) is 18.4 Å². The van der Waals surface area contributed by atoms with Crippen LogP contribution in [0.1, 0.15) is 5.56 Å². The van der Waals surface area contributed by atoms with E-state index in [-0.39, 0.29) is 0 Å². The Kier molecular flexibility index (Phi) is 4.30. The molecule has 1 amide bonds. The molecule has 16 heavy (non-hydrogen) atoms. The monoisotopic (exact) mass is 219 g/mol. The molecule has 0 unspecified atom stereocenters. The zero-order valence-electron chi connectivity index (χ0n) is 9.19. The zero-order chi connectivity index (χ0) is 12.0. The van der Waals surface area contributed by atoms with Gasteiger partial charge in [-0.1, -0.05) is 11.8 Å². The molecule has 0 aliphatic heterocycles. The van der Waals surface area contributed by atoms with Gasteiger partial charge in [0.25, 0.3) is 0 Å². The Morgan fingerprint density at radius 1 is 1.56 bits per heavy atom. The Hall–Kier alpha value is -2.06. The van der Waals surface area contributed by atoms with Gasteiger partial charge < -0.3 is 5.11 Å². The van der Waals surface area contributed by atoms with Gasteiger partial charge in [0.15, 0.2) is 0 Å². The third-order valence-corrected chi connectivity index (χ3v) is 1.62. The first-order valence-corrected chi connectivity index (χ1v) is 4.66. The molecule has 0 spiro atoms. The quantitative estimate of drug-likeness (QED) is 0.731. The molecule has 2 N–H and O–H groups in total. The molecule has 0 fully saturated rings. The van der Waals surface area contributed by atoms with E-state index >= 15 is 0 Å². The van der Waals surface area contributed by atoms with Crippen molar-refractivity contribution in [3.63, 3.8) is 0 Å². The van der Waals surface area contributed by atoms with E-state index in [0.717, 1.165) is 0 Å². The Balaban J connectivity index is 2.73. The maximum atomic E-state index is 10.4. The van der Waals surface area contributed by atoms with Gasteiger partial charge in [0.2, 0.25) is 0 Å². The molecule has 0 bridgehead atoms. The Labute approximate surface area is 94.1 Å². The van der Waals surface area contributed by atoms with E-state index in [1.165, 1.54) is 6.20 Å². The predicted molar refractivity (Wildman–Crippen MR) is 61.3 cm³/mol. The fourth-order valence-electron chi connectivity index (χ4n) is 1.000. The topological polar surface area (TPSA) is 65.5 Å². The highest BCUT2D eigenvalue weighted by atomic mass is 16.4. The molecule has 1 aromatic rings. The largest absolute Gasteiger partial charge is 0.465 e. The molecule has 0 saturated carbocycles. The van der Waals surface area contributed by atoms with Crippen molar-refractivity contribution in [2.75, 3.05) is 26.0 Å². The van der Waals surface area contributed by atoms with E-state index in [2.05, 4.69) is 22.1 Å². The Morgan fingerprint density at radius 3 is 2.94 bits per heavy atom. The normalized spacial score (nSPS) is 9.44. The number of nitrogens with one attached hydrogen (secondary N) is 1. The molecule has 0 aliphatic rings. The summed E-state index contributed by atoms with van der Waals surface area (Å²) in [5.74, 6) is 5.84. The van der Waals surface area contributed by atoms with Gasteiger partial charge >= 0.3 is 6.09 Å². The van der Waals surface area contributed by atoms with Crippen molar-refractivity contribution in [3.05, 3.63) is 24.0 Å². The highest BCUT2D eigenvalue weighted by Gasteiger charge is 1.98. The number of nitrogens with zero attached hydrogens (tertiary/aromatic N) is 2. The summed E-state index contributed by atoms with van der Waals surface area (Å²) in [5, 5.41) is 10.7. The van der Waals surface area contributed by atoms with Crippen LogP contribution in [0.15, 0.2) is 18.5 Å². The summed E-state index contributed by atoms with van der Waals surface area (Å²) in [6.45, 7) is 0.649. The van der Waals surface area contributed by atoms with Gasteiger partial charge in [-0.15, -0.1) is 0 Å². The van der Waals surface area contributed by atoms with E-state index in [0.29, 0.717) is 17.8 Å². The first kappa shape index (κ1) is 12.0. The maximum Gasteiger partial charge on any atom is 0.409 e. The zero-order valence-corrected chi connectivity index (χ0v) is 9.19. The summed E-state index contributed by atoms with van der Waals surface area (Å²) in [7, 11) is 3.85. The number of rotatable bonds is 2. The molecule has 0 radical (unpaired) electrons. The molecule has 0 aliphatic carbocycles. The number of pyridine rings is 1. The lowest BCUT2D eigenvalue weighted by Crippen LogP contribution is -2.10. The van der Waals surface area contributed by atoms with Gasteiger partial charge in [-0.3, -0.25) is 15.2 Å². The number of hydrogen-bond donors (Lipinski definition) is 2. The number of amides is 1. The van der Waals surface area contributed by atoms with Crippen LogP contribution < -0.4 is 5.32 Å². The molecule has 84 valence electrons. The summed E-state index contributed by atoms with van der Waals surface area (Å²) in [4.78, 5) is 16.2. The van der Waals surface area contributed by atoms with Crippen molar-refractivity contribution in [1.29, 1.82) is 0 Å². The molecule has 5 nitrogen and oxygen atoms in total. The summed E-state index contributed by atoms with van der Waals surface area (Å²) in [6, 6.07) is 1.64. The molecule has 0 atom stereocenters. The van der Waals surface area contributed by atoms with Crippen molar-refractivity contribution < 1.29 is 9.90 Å². The second kappa shape index (κ2) is 5.73. The fourth-order valence-corrected chi connectivity index (χ4v) is 1.000. The lowest BCUT2D eigenvalue weighted by Gasteiger charge is -2.01. The molecule has 1 aromatic heterocycles. The van der Waals surface area contributed by atoms with Gasteiger partial charge in [0, 0.05) is 11.8 Å². The molecule has 0 aromatic carbocycles. The van der Waals surface area contributed by atoms with Crippen LogP contribution in [-0.4, -0.2) is 41.7 Å². The summed E-state index contributed by atoms with van der Waals surface area (Å²) >= 11 is 0. The van der Waals surface area contributed by atoms with Crippen LogP contribution in [0.3, 0.4) is 0 Å². The number of hydrogen-bond acceptors (Lipinski definition) is 3. The highest BCUT2D eigenvalue weighted by molar-refractivity contribution is 5.82. The van der Waals surface area contributed by atoms with E-state index in [1.807, 2.05) is 19.0 Å². The Bertz CT molecular complexity index is 432. The minimum atomic E-state index is -1.11. The van der Waals surface area contributed by atoms with Crippen LogP contribution >= 0.6 is 0 Å². The van der Waals surface area contributed by atoms with Crippen molar-refractivity contribution in [2.24, 2.45) is 0 Å². The van der Waals surface area contributed by atoms with Gasteiger partial charge in [-0.05, 0) is 20.2 Å². The molecule has 1 rings (SSSR count). The van der Waals surface area contributed by atoms with Crippen molar-refractivity contribution in [1.82, 2.24) is 9.88 Å². The van der Waals surface area contributed by atoms with E-state index < -0.39 is 6.09 Å². The average Bonchev–Trinajstić information content (AvgIpc) is 2.16. The molecular formula is C11H13N3O2. The van der Waals surface area contributed by atoms with Crippen molar-refractivity contribution >= 4 is 11.8 Å². The van der Waals surface area contributed by atoms with Crippen LogP contribution in [0.2, 0.25) is 0 Å². The molecule has 5 heteroatoms. The lowest BCUT2D eigenvalue weighted by atomic mass is 10.2. The highest BCUT2D eigenvalue weighted by Crippen LogP contribution is 2.06. The van der Waals surface area contributed by atoms with E-state index in [4.69, 9.17) is 5.11 Å². The second-order valence-electron chi connectivity index (χ2n) is 3.43. The summed E-state index contributed by atoms with van der Waals surface area (Å²) < 4.78 is 0. The second-order valence-corrected chi connectivity index (χ2v) is 3.43. The minimum Gasteiger partial charge on any atom is -0.465 e. The standard InChI is InChI=1S/C11H13N3O2/c1-14(2)5-3-4-9-6-10(8-12-7-9)13-11(15)16/h6-8,13H,5H2,1-2H3,(H,15,16). The van der Waals surface area contributed by atoms with Crippen molar-refractivity contribution in [3.8, 4) is 11.8 Å². The number of carbonyl (C=O) groups is 1. The SMILES string of the molecule is CN(C)CC#Cc1cncc(NC(=O)O)c1. The van der Waals surface area contributed by atoms with Crippen LogP contribution in [0.5, 0.6) is 0 Å². The number of anilines is 1. The summed E-state index contributed by atoms with van der Waals surface area (Å²) in [6.07, 6.45) is 1.92. The van der Waals surface area contributed by atoms with E-state index in [9.17, 15) is 4.79 Å². The van der Waals surface area contributed by atoms with Crippen LogP contribution in [0.25, 0.3) is 0 Å². The fraction of sp³-hybridized carbons (Fsp3) is 0.273. The average molecular weight is 219 g/mol.